The van der Waals surface area contributed by atoms with Crippen LogP contribution in [0.5, 0.6) is 5.75 Å². The SMILES string of the molecule is COc1cccc(NC(=O)[C@@H](C)Sc2nnc(-c3ccncc3)n2Cc2ccccc2)c1. The maximum Gasteiger partial charge on any atom is 0.237 e. The van der Waals surface area contributed by atoms with Gasteiger partial charge in [-0.3, -0.25) is 14.3 Å². The van der Waals surface area contributed by atoms with Gasteiger partial charge in [0.05, 0.1) is 18.9 Å². The van der Waals surface area contributed by atoms with Crippen LogP contribution in [-0.2, 0) is 11.3 Å². The minimum atomic E-state index is -0.384. The molecule has 4 rings (SSSR count). The zero-order chi connectivity index (χ0) is 22.3. The predicted octanol–water partition coefficient (Wildman–Crippen LogP) is 4.52. The lowest BCUT2D eigenvalue weighted by Crippen LogP contribution is -2.23. The Kier molecular flexibility index (Phi) is 6.81. The summed E-state index contributed by atoms with van der Waals surface area (Å²) < 4.78 is 7.26. The van der Waals surface area contributed by atoms with E-state index >= 15 is 0 Å². The molecular formula is C24H23N5O2S. The molecule has 1 N–H and O–H groups in total. The number of nitrogens with one attached hydrogen (secondary N) is 1. The highest BCUT2D eigenvalue weighted by molar-refractivity contribution is 8.00. The summed E-state index contributed by atoms with van der Waals surface area (Å²) >= 11 is 1.37. The van der Waals surface area contributed by atoms with Gasteiger partial charge in [-0.05, 0) is 36.8 Å². The van der Waals surface area contributed by atoms with Gasteiger partial charge >= 0.3 is 0 Å². The average Bonchev–Trinajstić information content (AvgIpc) is 3.22. The molecule has 0 radical (unpaired) electrons. The molecule has 7 nitrogen and oxygen atoms in total. The van der Waals surface area contributed by atoms with E-state index < -0.39 is 0 Å². The number of thioether (sulfide) groups is 1. The van der Waals surface area contributed by atoms with Gasteiger partial charge in [0, 0.05) is 29.7 Å². The zero-order valence-electron chi connectivity index (χ0n) is 17.8. The van der Waals surface area contributed by atoms with Crippen molar-refractivity contribution in [2.24, 2.45) is 0 Å². The molecule has 2 aromatic carbocycles. The van der Waals surface area contributed by atoms with Gasteiger partial charge in [0.15, 0.2) is 11.0 Å². The van der Waals surface area contributed by atoms with Gasteiger partial charge in [-0.1, -0.05) is 48.2 Å². The lowest BCUT2D eigenvalue weighted by molar-refractivity contribution is -0.115. The van der Waals surface area contributed by atoms with Crippen LogP contribution < -0.4 is 10.1 Å². The highest BCUT2D eigenvalue weighted by atomic mass is 32.2. The van der Waals surface area contributed by atoms with E-state index in [-0.39, 0.29) is 11.2 Å². The van der Waals surface area contributed by atoms with Crippen molar-refractivity contribution in [3.05, 3.63) is 84.7 Å². The summed E-state index contributed by atoms with van der Waals surface area (Å²) in [6, 6.07) is 21.2. The number of nitrogens with zero attached hydrogens (tertiary/aromatic N) is 4. The van der Waals surface area contributed by atoms with Gasteiger partial charge in [0.1, 0.15) is 5.75 Å². The highest BCUT2D eigenvalue weighted by Gasteiger charge is 2.21. The molecule has 2 aromatic heterocycles. The van der Waals surface area contributed by atoms with Crippen molar-refractivity contribution in [1.82, 2.24) is 19.7 Å². The molecule has 4 aromatic rings. The minimum absolute atomic E-state index is 0.122. The molecule has 2 heterocycles. The van der Waals surface area contributed by atoms with Crippen LogP contribution in [0.3, 0.4) is 0 Å². The average molecular weight is 446 g/mol. The first kappa shape index (κ1) is 21.6. The van der Waals surface area contributed by atoms with Gasteiger partial charge in [0.2, 0.25) is 5.91 Å². The standard InChI is InChI=1S/C24H23N5O2S/c1-17(23(30)26-20-9-6-10-21(15-20)31-2)32-24-28-27-22(19-11-13-25-14-12-19)29(24)16-18-7-4-3-5-8-18/h3-15,17H,16H2,1-2H3,(H,26,30)/t17-/m1/s1. The summed E-state index contributed by atoms with van der Waals surface area (Å²) in [7, 11) is 1.60. The van der Waals surface area contributed by atoms with E-state index in [4.69, 9.17) is 4.74 Å². The van der Waals surface area contributed by atoms with Gasteiger partial charge in [0.25, 0.3) is 0 Å². The topological polar surface area (TPSA) is 81.9 Å². The van der Waals surface area contributed by atoms with Gasteiger partial charge < -0.3 is 10.1 Å². The number of pyridine rings is 1. The van der Waals surface area contributed by atoms with Crippen molar-refractivity contribution in [3.8, 4) is 17.1 Å². The molecule has 0 aliphatic carbocycles. The van der Waals surface area contributed by atoms with Crippen LogP contribution in [0.15, 0.2) is 84.3 Å². The second-order valence-electron chi connectivity index (χ2n) is 7.10. The summed E-state index contributed by atoms with van der Waals surface area (Å²) in [6.45, 7) is 2.45. The maximum absolute atomic E-state index is 12.8. The smallest absolute Gasteiger partial charge is 0.237 e. The van der Waals surface area contributed by atoms with Gasteiger partial charge in [-0.25, -0.2) is 0 Å². The number of hydrogen-bond donors (Lipinski definition) is 1. The quantitative estimate of drug-likeness (QED) is 0.402. The Balaban J connectivity index is 1.57. The summed E-state index contributed by atoms with van der Waals surface area (Å²) in [6.07, 6.45) is 3.46. The van der Waals surface area contributed by atoms with Crippen molar-refractivity contribution < 1.29 is 9.53 Å². The van der Waals surface area contributed by atoms with Crippen LogP contribution in [-0.4, -0.2) is 38.0 Å². The number of aromatic nitrogens is 4. The largest absolute Gasteiger partial charge is 0.497 e. The number of rotatable bonds is 8. The molecule has 0 spiro atoms. The van der Waals surface area contributed by atoms with E-state index in [9.17, 15) is 4.79 Å². The molecule has 1 amide bonds. The molecule has 0 aliphatic rings. The zero-order valence-corrected chi connectivity index (χ0v) is 18.6. The molecule has 162 valence electrons. The normalized spacial score (nSPS) is 11.7. The van der Waals surface area contributed by atoms with Crippen LogP contribution in [0.4, 0.5) is 5.69 Å². The van der Waals surface area contributed by atoms with Crippen LogP contribution in [0.25, 0.3) is 11.4 Å². The maximum atomic E-state index is 12.8. The first-order chi connectivity index (χ1) is 15.6. The first-order valence-corrected chi connectivity index (χ1v) is 11.0. The van der Waals surface area contributed by atoms with Crippen molar-refractivity contribution in [2.45, 2.75) is 23.9 Å². The third kappa shape index (κ3) is 5.15. The van der Waals surface area contributed by atoms with E-state index in [1.54, 1.807) is 25.6 Å². The second kappa shape index (κ2) is 10.1. The highest BCUT2D eigenvalue weighted by Crippen LogP contribution is 2.28. The summed E-state index contributed by atoms with van der Waals surface area (Å²) in [5.74, 6) is 1.30. The van der Waals surface area contributed by atoms with Crippen molar-refractivity contribution in [1.29, 1.82) is 0 Å². The molecule has 32 heavy (non-hydrogen) atoms. The minimum Gasteiger partial charge on any atom is -0.497 e. The number of carbonyl (C=O) groups is 1. The number of ether oxygens (including phenoxy) is 1. The Morgan fingerprint density at radius 1 is 1.06 bits per heavy atom. The molecule has 0 fully saturated rings. The van der Waals surface area contributed by atoms with Crippen LogP contribution >= 0.6 is 11.8 Å². The molecule has 0 aliphatic heterocycles. The Bertz CT molecular complexity index is 1180. The van der Waals surface area contributed by atoms with Crippen molar-refractivity contribution >= 4 is 23.4 Å². The van der Waals surface area contributed by atoms with Crippen LogP contribution in [0, 0.1) is 0 Å². The third-order valence-corrected chi connectivity index (χ3v) is 5.91. The Labute approximate surface area is 190 Å². The number of methoxy groups -OCH3 is 1. The molecule has 8 heteroatoms. The lowest BCUT2D eigenvalue weighted by atomic mass is 10.2. The molecule has 0 bridgehead atoms. The monoisotopic (exact) mass is 445 g/mol. The fourth-order valence-corrected chi connectivity index (χ4v) is 4.00. The van der Waals surface area contributed by atoms with E-state index in [0.717, 1.165) is 17.0 Å². The van der Waals surface area contributed by atoms with Crippen molar-refractivity contribution in [3.63, 3.8) is 0 Å². The lowest BCUT2D eigenvalue weighted by Gasteiger charge is -2.14. The molecule has 0 saturated carbocycles. The number of carbonyl (C=O) groups excluding carboxylic acids is 1. The van der Waals surface area contributed by atoms with Gasteiger partial charge in [-0.15, -0.1) is 10.2 Å². The third-order valence-electron chi connectivity index (χ3n) is 4.83. The van der Waals surface area contributed by atoms with Crippen molar-refractivity contribution in [2.75, 3.05) is 12.4 Å². The molecule has 0 saturated heterocycles. The summed E-state index contributed by atoms with van der Waals surface area (Å²) in [5, 5.41) is 12.0. The Hall–Kier alpha value is -3.65. The first-order valence-electron chi connectivity index (χ1n) is 10.1. The van der Waals surface area contributed by atoms with E-state index in [1.807, 2.05) is 60.0 Å². The Morgan fingerprint density at radius 2 is 1.84 bits per heavy atom. The Morgan fingerprint density at radius 3 is 2.59 bits per heavy atom. The fraction of sp³-hybridized carbons (Fsp3) is 0.167. The summed E-state index contributed by atoms with van der Waals surface area (Å²) in [4.78, 5) is 16.9. The molecule has 0 unspecified atom stereocenters. The van der Waals surface area contributed by atoms with E-state index in [0.29, 0.717) is 23.1 Å². The van der Waals surface area contributed by atoms with E-state index in [2.05, 4.69) is 32.6 Å². The number of benzene rings is 2. The summed E-state index contributed by atoms with van der Waals surface area (Å²) in [5.41, 5.74) is 2.73. The number of amides is 1. The van der Waals surface area contributed by atoms with Gasteiger partial charge in [-0.2, -0.15) is 0 Å². The number of anilines is 1. The van der Waals surface area contributed by atoms with Crippen LogP contribution in [0.2, 0.25) is 0 Å². The predicted molar refractivity (Wildman–Crippen MR) is 126 cm³/mol. The number of hydrogen-bond acceptors (Lipinski definition) is 6. The molecule has 1 atom stereocenters. The van der Waals surface area contributed by atoms with Crippen LogP contribution in [0.1, 0.15) is 12.5 Å². The van der Waals surface area contributed by atoms with E-state index in [1.165, 1.54) is 11.8 Å². The fourth-order valence-electron chi connectivity index (χ4n) is 3.16. The second-order valence-corrected chi connectivity index (χ2v) is 8.40. The molecular weight excluding hydrogens is 422 g/mol.